The van der Waals surface area contributed by atoms with Crippen molar-refractivity contribution in [2.24, 2.45) is 0 Å². The molecule has 0 aliphatic heterocycles. The Bertz CT molecular complexity index is 333. The first-order valence-electron chi connectivity index (χ1n) is 3.29. The lowest BCUT2D eigenvalue weighted by Gasteiger charge is -1.87. The molecule has 4 nitrogen and oxygen atoms in total. The number of nitrogen functional groups attached to an aromatic ring is 1. The molecule has 0 aromatic carbocycles. The van der Waals surface area contributed by atoms with Crippen molar-refractivity contribution >= 4 is 5.69 Å². The van der Waals surface area contributed by atoms with Crippen LogP contribution in [0.25, 0.3) is 11.4 Å². The van der Waals surface area contributed by atoms with Gasteiger partial charge in [0.1, 0.15) is 0 Å². The molecule has 0 saturated heterocycles. The molecule has 0 spiro atoms. The van der Waals surface area contributed by atoms with Gasteiger partial charge in [-0.2, -0.15) is 0 Å². The fourth-order valence-electron chi connectivity index (χ4n) is 0.970. The van der Waals surface area contributed by atoms with E-state index in [0.717, 1.165) is 17.1 Å². The van der Waals surface area contributed by atoms with Gasteiger partial charge in [0.25, 0.3) is 0 Å². The first-order chi connectivity index (χ1) is 5.36. The molecule has 4 N–H and O–H groups in total. The van der Waals surface area contributed by atoms with Gasteiger partial charge in [0.15, 0.2) is 0 Å². The predicted molar refractivity (Wildman–Crippen MR) is 42.8 cm³/mol. The number of hydrogen-bond acceptors (Lipinski definition) is 2. The van der Waals surface area contributed by atoms with E-state index in [-0.39, 0.29) is 0 Å². The standard InChI is InChI=1S/C7H8N4/c8-5-1-6(10-2-5)7-3-9-4-11-7/h1-4,10H,8H2,(H,9,11). The number of rotatable bonds is 1. The molecule has 0 atom stereocenters. The lowest BCUT2D eigenvalue weighted by Crippen LogP contribution is -1.76. The summed E-state index contributed by atoms with van der Waals surface area (Å²) < 4.78 is 0. The Balaban J connectivity index is 2.45. The number of nitrogens with one attached hydrogen (secondary N) is 2. The van der Waals surface area contributed by atoms with Gasteiger partial charge in [0.05, 0.1) is 23.9 Å². The molecule has 0 aliphatic carbocycles. The summed E-state index contributed by atoms with van der Waals surface area (Å²) in [5.41, 5.74) is 8.15. The molecule has 2 aromatic rings. The third-order valence-corrected chi connectivity index (χ3v) is 1.49. The number of imidazole rings is 1. The maximum atomic E-state index is 5.52. The fourth-order valence-corrected chi connectivity index (χ4v) is 0.970. The highest BCUT2D eigenvalue weighted by atomic mass is 14.9. The van der Waals surface area contributed by atoms with Gasteiger partial charge in [-0.3, -0.25) is 0 Å². The summed E-state index contributed by atoms with van der Waals surface area (Å²) in [5, 5.41) is 0. The fraction of sp³-hybridized carbons (Fsp3) is 0. The summed E-state index contributed by atoms with van der Waals surface area (Å²) in [6, 6.07) is 1.85. The topological polar surface area (TPSA) is 70.5 Å². The summed E-state index contributed by atoms with van der Waals surface area (Å²) in [6.45, 7) is 0. The second-order valence-electron chi connectivity index (χ2n) is 2.31. The van der Waals surface area contributed by atoms with E-state index in [9.17, 15) is 0 Å². The van der Waals surface area contributed by atoms with Gasteiger partial charge in [-0.25, -0.2) is 4.98 Å². The van der Waals surface area contributed by atoms with E-state index in [1.165, 1.54) is 0 Å². The van der Waals surface area contributed by atoms with Gasteiger partial charge in [0.2, 0.25) is 0 Å². The third-order valence-electron chi connectivity index (χ3n) is 1.49. The van der Waals surface area contributed by atoms with Crippen molar-refractivity contribution in [3.63, 3.8) is 0 Å². The molecule has 0 unspecified atom stereocenters. The molecule has 0 amide bonds. The zero-order valence-corrected chi connectivity index (χ0v) is 5.83. The Labute approximate surface area is 63.5 Å². The number of anilines is 1. The first kappa shape index (κ1) is 6.03. The van der Waals surface area contributed by atoms with E-state index in [1.54, 1.807) is 18.7 Å². The van der Waals surface area contributed by atoms with Crippen LogP contribution in [0.15, 0.2) is 24.8 Å². The van der Waals surface area contributed by atoms with Crippen LogP contribution in [-0.2, 0) is 0 Å². The zero-order valence-electron chi connectivity index (χ0n) is 5.83. The first-order valence-corrected chi connectivity index (χ1v) is 3.29. The largest absolute Gasteiger partial charge is 0.397 e. The number of aromatic nitrogens is 3. The van der Waals surface area contributed by atoms with Gasteiger partial charge < -0.3 is 15.7 Å². The molecular weight excluding hydrogens is 140 g/mol. The monoisotopic (exact) mass is 148 g/mol. The second-order valence-corrected chi connectivity index (χ2v) is 2.31. The highest BCUT2D eigenvalue weighted by molar-refractivity contribution is 5.59. The van der Waals surface area contributed by atoms with Gasteiger partial charge in [-0.15, -0.1) is 0 Å². The summed E-state index contributed by atoms with van der Waals surface area (Å²) in [5.74, 6) is 0. The Kier molecular flexibility index (Phi) is 1.18. The van der Waals surface area contributed by atoms with Crippen LogP contribution in [0.1, 0.15) is 0 Å². The lowest BCUT2D eigenvalue weighted by atomic mass is 10.3. The lowest BCUT2D eigenvalue weighted by molar-refractivity contribution is 1.30. The maximum Gasteiger partial charge on any atom is 0.0924 e. The molecule has 11 heavy (non-hydrogen) atoms. The van der Waals surface area contributed by atoms with Crippen molar-refractivity contribution in [1.82, 2.24) is 15.0 Å². The smallest absolute Gasteiger partial charge is 0.0924 e. The Morgan fingerprint density at radius 3 is 2.73 bits per heavy atom. The van der Waals surface area contributed by atoms with Crippen LogP contribution in [-0.4, -0.2) is 15.0 Å². The molecule has 2 rings (SSSR count). The molecular formula is C7H8N4. The van der Waals surface area contributed by atoms with E-state index in [1.807, 2.05) is 6.07 Å². The minimum atomic E-state index is 0.731. The summed E-state index contributed by atoms with van der Waals surface area (Å²) in [6.07, 6.45) is 5.12. The predicted octanol–water partition coefficient (Wildman–Crippen LogP) is 0.987. The Morgan fingerprint density at radius 1 is 1.27 bits per heavy atom. The number of hydrogen-bond donors (Lipinski definition) is 3. The molecule has 2 heterocycles. The normalized spacial score (nSPS) is 10.2. The van der Waals surface area contributed by atoms with Crippen molar-refractivity contribution in [1.29, 1.82) is 0 Å². The van der Waals surface area contributed by atoms with Crippen molar-refractivity contribution in [3.05, 3.63) is 24.8 Å². The van der Waals surface area contributed by atoms with E-state index in [2.05, 4.69) is 15.0 Å². The highest BCUT2D eigenvalue weighted by Crippen LogP contribution is 2.15. The van der Waals surface area contributed by atoms with Crippen LogP contribution in [0.4, 0.5) is 5.69 Å². The Hall–Kier alpha value is -1.71. The van der Waals surface area contributed by atoms with Crippen molar-refractivity contribution in [3.8, 4) is 11.4 Å². The quantitative estimate of drug-likeness (QED) is 0.564. The van der Waals surface area contributed by atoms with Crippen LogP contribution in [0.2, 0.25) is 0 Å². The summed E-state index contributed by atoms with van der Waals surface area (Å²) in [7, 11) is 0. The van der Waals surface area contributed by atoms with Crippen LogP contribution in [0.3, 0.4) is 0 Å². The van der Waals surface area contributed by atoms with Crippen LogP contribution in [0, 0.1) is 0 Å². The molecule has 56 valence electrons. The molecule has 0 saturated carbocycles. The molecule has 2 aromatic heterocycles. The molecule has 0 aliphatic rings. The highest BCUT2D eigenvalue weighted by Gasteiger charge is 1.99. The van der Waals surface area contributed by atoms with Crippen molar-refractivity contribution in [2.75, 3.05) is 5.73 Å². The van der Waals surface area contributed by atoms with Crippen LogP contribution < -0.4 is 5.73 Å². The Morgan fingerprint density at radius 2 is 2.18 bits per heavy atom. The molecule has 0 bridgehead atoms. The van der Waals surface area contributed by atoms with Crippen LogP contribution >= 0.6 is 0 Å². The van der Waals surface area contributed by atoms with Gasteiger partial charge in [0, 0.05) is 11.9 Å². The average Bonchev–Trinajstić information content (AvgIpc) is 2.55. The van der Waals surface area contributed by atoms with Gasteiger partial charge >= 0.3 is 0 Å². The molecule has 0 radical (unpaired) electrons. The minimum Gasteiger partial charge on any atom is -0.397 e. The van der Waals surface area contributed by atoms with E-state index in [0.29, 0.717) is 0 Å². The van der Waals surface area contributed by atoms with Gasteiger partial charge in [-0.05, 0) is 6.07 Å². The minimum absolute atomic E-state index is 0.731. The SMILES string of the molecule is Nc1c[nH]c(-c2cnc[nH]2)c1. The maximum absolute atomic E-state index is 5.52. The molecule has 0 fully saturated rings. The average molecular weight is 148 g/mol. The van der Waals surface area contributed by atoms with Gasteiger partial charge in [-0.1, -0.05) is 0 Å². The second kappa shape index (κ2) is 2.16. The van der Waals surface area contributed by atoms with Crippen LogP contribution in [0.5, 0.6) is 0 Å². The number of nitrogens with two attached hydrogens (primary N) is 1. The number of H-pyrrole nitrogens is 2. The van der Waals surface area contributed by atoms with Crippen molar-refractivity contribution in [2.45, 2.75) is 0 Å². The number of aromatic amines is 2. The van der Waals surface area contributed by atoms with E-state index < -0.39 is 0 Å². The summed E-state index contributed by atoms with van der Waals surface area (Å²) >= 11 is 0. The third kappa shape index (κ3) is 0.980. The van der Waals surface area contributed by atoms with Crippen molar-refractivity contribution < 1.29 is 0 Å². The molecule has 4 heteroatoms. The number of nitrogens with zero attached hydrogens (tertiary/aromatic N) is 1. The zero-order chi connectivity index (χ0) is 7.68. The van der Waals surface area contributed by atoms with E-state index in [4.69, 9.17) is 5.73 Å². The van der Waals surface area contributed by atoms with E-state index >= 15 is 0 Å². The summed E-state index contributed by atoms with van der Waals surface area (Å²) in [4.78, 5) is 9.87.